The van der Waals surface area contributed by atoms with Gasteiger partial charge in [0, 0.05) is 12.4 Å². The third kappa shape index (κ3) is 3.40. The van der Waals surface area contributed by atoms with Gasteiger partial charge in [-0.15, -0.1) is 5.10 Å². The minimum Gasteiger partial charge on any atom is -0.347 e. The zero-order valence-electron chi connectivity index (χ0n) is 14.8. The average molecular weight is 395 g/mol. The Balaban J connectivity index is 1.53. The number of nitrogens with zero attached hydrogens (tertiary/aromatic N) is 4. The molecular formula is C18H14FN7O3. The maximum absolute atomic E-state index is 13.0. The number of imide groups is 1. The summed E-state index contributed by atoms with van der Waals surface area (Å²) in [5.74, 6) is -1.60. The van der Waals surface area contributed by atoms with Gasteiger partial charge >= 0.3 is 6.03 Å². The lowest BCUT2D eigenvalue weighted by Gasteiger charge is -2.26. The third-order valence-corrected chi connectivity index (χ3v) is 4.41. The quantitative estimate of drug-likeness (QED) is 0.532. The molecule has 3 heterocycles. The van der Waals surface area contributed by atoms with Gasteiger partial charge in [0.15, 0.2) is 11.2 Å². The summed E-state index contributed by atoms with van der Waals surface area (Å²) >= 11 is 0. The highest BCUT2D eigenvalue weighted by atomic mass is 19.1. The fourth-order valence-electron chi connectivity index (χ4n) is 2.93. The van der Waals surface area contributed by atoms with Crippen LogP contribution in [0.2, 0.25) is 0 Å². The Hall–Kier alpha value is -4.15. The van der Waals surface area contributed by atoms with E-state index in [2.05, 4.69) is 31.1 Å². The van der Waals surface area contributed by atoms with E-state index >= 15 is 0 Å². The van der Waals surface area contributed by atoms with E-state index in [0.29, 0.717) is 11.3 Å². The summed E-state index contributed by atoms with van der Waals surface area (Å²) in [5, 5.41) is 15.4. The Morgan fingerprint density at radius 3 is 2.52 bits per heavy atom. The van der Waals surface area contributed by atoms with Crippen molar-refractivity contribution in [1.82, 2.24) is 35.9 Å². The number of carbonyl (C=O) groups is 3. The van der Waals surface area contributed by atoms with Crippen molar-refractivity contribution in [3.05, 3.63) is 72.1 Å². The van der Waals surface area contributed by atoms with Crippen LogP contribution in [-0.2, 0) is 10.3 Å². The molecule has 0 bridgehead atoms. The van der Waals surface area contributed by atoms with Gasteiger partial charge in [-0.2, -0.15) is 9.90 Å². The first-order valence-electron chi connectivity index (χ1n) is 8.48. The molecule has 0 saturated carbocycles. The number of benzene rings is 1. The molecule has 4 amide bonds. The summed E-state index contributed by atoms with van der Waals surface area (Å²) in [6, 6.07) is 7.91. The number of carbonyl (C=O) groups excluding carboxylic acids is 3. The molecule has 1 aromatic carbocycles. The molecule has 4 rings (SSSR count). The van der Waals surface area contributed by atoms with Crippen LogP contribution in [0.3, 0.4) is 0 Å². The average Bonchev–Trinajstić information content (AvgIpc) is 3.32. The van der Waals surface area contributed by atoms with Gasteiger partial charge in [0.1, 0.15) is 5.82 Å². The summed E-state index contributed by atoms with van der Waals surface area (Å²) in [4.78, 5) is 41.8. The normalized spacial score (nSPS) is 18.2. The van der Waals surface area contributed by atoms with E-state index in [0.717, 1.165) is 0 Å². The van der Waals surface area contributed by atoms with Gasteiger partial charge < -0.3 is 10.6 Å². The molecule has 3 aromatic rings. The van der Waals surface area contributed by atoms with Crippen LogP contribution in [-0.4, -0.2) is 44.4 Å². The van der Waals surface area contributed by atoms with E-state index in [1.807, 2.05) is 0 Å². The molecule has 10 nitrogen and oxygen atoms in total. The Morgan fingerprint density at radius 2 is 1.86 bits per heavy atom. The number of aromatic nitrogens is 4. The van der Waals surface area contributed by atoms with Crippen molar-refractivity contribution in [3.63, 3.8) is 0 Å². The minimum absolute atomic E-state index is 0.0102. The van der Waals surface area contributed by atoms with Gasteiger partial charge in [-0.1, -0.05) is 0 Å². The lowest BCUT2D eigenvalue weighted by molar-refractivity contribution is -0.124. The summed E-state index contributed by atoms with van der Waals surface area (Å²) in [7, 11) is 0. The molecule has 1 aliphatic heterocycles. The molecule has 0 spiro atoms. The Labute approximate surface area is 163 Å². The van der Waals surface area contributed by atoms with E-state index in [4.69, 9.17) is 0 Å². The first-order chi connectivity index (χ1) is 14.0. The van der Waals surface area contributed by atoms with Gasteiger partial charge in [0.25, 0.3) is 11.8 Å². The topological polar surface area (TPSA) is 131 Å². The number of urea groups is 1. The fraction of sp³-hybridized carbons (Fsp3) is 0.111. The van der Waals surface area contributed by atoms with Gasteiger partial charge in [-0.05, 0) is 42.0 Å². The van der Waals surface area contributed by atoms with E-state index in [1.165, 1.54) is 47.7 Å². The zero-order chi connectivity index (χ0) is 20.4. The van der Waals surface area contributed by atoms with Gasteiger partial charge in [0.2, 0.25) is 0 Å². The van der Waals surface area contributed by atoms with Crippen LogP contribution >= 0.6 is 0 Å². The molecule has 1 aliphatic rings. The maximum Gasteiger partial charge on any atom is 0.322 e. The minimum atomic E-state index is -1.47. The molecule has 0 radical (unpaired) electrons. The lowest BCUT2D eigenvalue weighted by Crippen LogP contribution is -2.52. The molecule has 1 fully saturated rings. The van der Waals surface area contributed by atoms with Crippen LogP contribution < -0.4 is 16.0 Å². The molecule has 2 aromatic heterocycles. The summed E-state index contributed by atoms with van der Waals surface area (Å²) in [6.07, 6.45) is 4.20. The van der Waals surface area contributed by atoms with Crippen LogP contribution in [0.4, 0.5) is 9.18 Å². The largest absolute Gasteiger partial charge is 0.347 e. The first-order valence-corrected chi connectivity index (χ1v) is 8.48. The standard InChI is InChI=1S/C18H14FN7O3/c19-12-1-3-13(4-2-12)26-22-9-14(25-26)15(27)21-10-18(11-5-7-20-8-6-11)16(28)23-17(29)24-18/h1-9H,10H2,(H,21,27)(H2,23,24,28,29). The number of hydrogen-bond donors (Lipinski definition) is 3. The third-order valence-electron chi connectivity index (χ3n) is 4.41. The van der Waals surface area contributed by atoms with E-state index in [1.54, 1.807) is 12.1 Å². The molecule has 146 valence electrons. The zero-order valence-corrected chi connectivity index (χ0v) is 14.8. The number of amides is 4. The second-order valence-corrected chi connectivity index (χ2v) is 6.23. The highest BCUT2D eigenvalue weighted by Crippen LogP contribution is 2.24. The molecule has 3 N–H and O–H groups in total. The summed E-state index contributed by atoms with van der Waals surface area (Å²) < 4.78 is 13.0. The van der Waals surface area contributed by atoms with Crippen LogP contribution in [0.1, 0.15) is 16.1 Å². The van der Waals surface area contributed by atoms with E-state index in [-0.39, 0.29) is 12.2 Å². The predicted molar refractivity (Wildman–Crippen MR) is 96.2 cm³/mol. The Kier molecular flexibility index (Phi) is 4.47. The van der Waals surface area contributed by atoms with Crippen molar-refractivity contribution in [2.24, 2.45) is 0 Å². The summed E-state index contributed by atoms with van der Waals surface area (Å²) in [5.41, 5.74) is -0.543. The molecule has 11 heteroatoms. The van der Waals surface area contributed by atoms with E-state index in [9.17, 15) is 18.8 Å². The predicted octanol–water partition coefficient (Wildman–Crippen LogP) is 0.266. The number of hydrogen-bond acceptors (Lipinski definition) is 6. The first kappa shape index (κ1) is 18.2. The van der Waals surface area contributed by atoms with Gasteiger partial charge in [-0.25, -0.2) is 9.18 Å². The molecule has 1 atom stereocenters. The molecule has 0 aliphatic carbocycles. The van der Waals surface area contributed by atoms with Crippen molar-refractivity contribution >= 4 is 17.8 Å². The Morgan fingerprint density at radius 1 is 1.14 bits per heavy atom. The molecule has 29 heavy (non-hydrogen) atoms. The molecular weight excluding hydrogens is 381 g/mol. The van der Waals surface area contributed by atoms with Crippen LogP contribution in [0, 0.1) is 5.82 Å². The Bertz CT molecular complexity index is 1080. The SMILES string of the molecule is O=C1NC(=O)C(CNC(=O)c2cnn(-c3ccc(F)cc3)n2)(c2ccncc2)N1. The van der Waals surface area contributed by atoms with Gasteiger partial charge in [0.05, 0.1) is 18.4 Å². The summed E-state index contributed by atoms with van der Waals surface area (Å²) in [6.45, 7) is -0.211. The van der Waals surface area contributed by atoms with Crippen molar-refractivity contribution in [3.8, 4) is 5.69 Å². The number of nitrogens with one attached hydrogen (secondary N) is 3. The molecule has 1 unspecified atom stereocenters. The number of halogens is 1. The van der Waals surface area contributed by atoms with Crippen LogP contribution in [0.15, 0.2) is 55.0 Å². The van der Waals surface area contributed by atoms with Gasteiger partial charge in [-0.3, -0.25) is 19.9 Å². The number of pyridine rings is 1. The number of rotatable bonds is 5. The van der Waals surface area contributed by atoms with E-state index < -0.39 is 29.2 Å². The maximum atomic E-state index is 13.0. The van der Waals surface area contributed by atoms with Crippen molar-refractivity contribution in [2.75, 3.05) is 6.54 Å². The molecule has 1 saturated heterocycles. The smallest absolute Gasteiger partial charge is 0.322 e. The monoisotopic (exact) mass is 395 g/mol. The highest BCUT2D eigenvalue weighted by molar-refractivity contribution is 6.08. The lowest BCUT2D eigenvalue weighted by atomic mass is 9.90. The van der Waals surface area contributed by atoms with Crippen LogP contribution in [0.25, 0.3) is 5.69 Å². The highest BCUT2D eigenvalue weighted by Gasteiger charge is 2.48. The fourth-order valence-corrected chi connectivity index (χ4v) is 2.93. The second kappa shape index (κ2) is 7.11. The van der Waals surface area contributed by atoms with Crippen molar-refractivity contribution < 1.29 is 18.8 Å². The van der Waals surface area contributed by atoms with Crippen LogP contribution in [0.5, 0.6) is 0 Å². The van der Waals surface area contributed by atoms with Crippen molar-refractivity contribution in [2.45, 2.75) is 5.54 Å². The second-order valence-electron chi connectivity index (χ2n) is 6.23. The van der Waals surface area contributed by atoms with Crippen molar-refractivity contribution in [1.29, 1.82) is 0 Å².